The van der Waals surface area contributed by atoms with E-state index in [-0.39, 0.29) is 32.2 Å². The van der Waals surface area contributed by atoms with Crippen LogP contribution in [0.5, 0.6) is 0 Å². The molecule has 9 heteroatoms. The van der Waals surface area contributed by atoms with Crippen LogP contribution < -0.4 is 5.11 Å². The molecule has 0 bridgehead atoms. The predicted molar refractivity (Wildman–Crippen MR) is 408 cm³/mol. The molecule has 0 N–H and O–H groups in total. The molecule has 0 fully saturated rings. The third-order valence-corrected chi connectivity index (χ3v) is 20.4. The SMILES string of the molecule is CCCCCCCCCCCCCCCCCCCCCCCCCCCCCCCCCCCCCC(=O)OCC(COC(OCC[N+](C)(C)C)C(=O)[O-])OC(=O)CCCCCCCCCCCCCCCCCCCCCCCCCCCCCCCCCCCCC. The number of rotatable bonds is 83. The zero-order chi connectivity index (χ0) is 69.0. The summed E-state index contributed by atoms with van der Waals surface area (Å²) >= 11 is 0. The van der Waals surface area contributed by atoms with Crippen LogP contribution in [0, 0.1) is 0 Å². The van der Waals surface area contributed by atoms with Gasteiger partial charge in [0.05, 0.1) is 40.3 Å². The highest BCUT2D eigenvalue weighted by Gasteiger charge is 2.22. The van der Waals surface area contributed by atoms with E-state index in [2.05, 4.69) is 13.8 Å². The van der Waals surface area contributed by atoms with Gasteiger partial charge < -0.3 is 33.3 Å². The molecule has 0 amide bonds. The number of carbonyl (C=O) groups excluding carboxylic acids is 3. The number of carbonyl (C=O) groups is 3. The lowest BCUT2D eigenvalue weighted by Crippen LogP contribution is -2.44. The Morgan fingerprint density at radius 2 is 0.474 bits per heavy atom. The van der Waals surface area contributed by atoms with Gasteiger partial charge in [-0.2, -0.15) is 0 Å². The lowest BCUT2D eigenvalue weighted by atomic mass is 10.0. The highest BCUT2D eigenvalue weighted by Crippen LogP contribution is 2.21. The zero-order valence-corrected chi connectivity index (χ0v) is 65.1. The Morgan fingerprint density at radius 3 is 0.674 bits per heavy atom. The summed E-state index contributed by atoms with van der Waals surface area (Å²) in [5.74, 6) is -2.24. The summed E-state index contributed by atoms with van der Waals surface area (Å²) in [4.78, 5) is 37.6. The first-order valence-corrected chi connectivity index (χ1v) is 43.2. The summed E-state index contributed by atoms with van der Waals surface area (Å²) in [6, 6.07) is 0. The minimum Gasteiger partial charge on any atom is -0.545 e. The number of likely N-dealkylation sites (N-methyl/N-ethyl adjacent to an activating group) is 1. The van der Waals surface area contributed by atoms with Gasteiger partial charge in [0.1, 0.15) is 13.2 Å². The number of ether oxygens (including phenoxy) is 4. The van der Waals surface area contributed by atoms with Gasteiger partial charge in [-0.15, -0.1) is 0 Å². The van der Waals surface area contributed by atoms with Gasteiger partial charge in [-0.05, 0) is 12.8 Å². The fourth-order valence-corrected chi connectivity index (χ4v) is 13.8. The van der Waals surface area contributed by atoms with E-state index in [1.807, 2.05) is 21.1 Å². The van der Waals surface area contributed by atoms with Gasteiger partial charge in [0.25, 0.3) is 0 Å². The van der Waals surface area contributed by atoms with Crippen LogP contribution in [-0.2, 0) is 33.3 Å². The van der Waals surface area contributed by atoms with Gasteiger partial charge in [0, 0.05) is 12.8 Å². The zero-order valence-electron chi connectivity index (χ0n) is 65.1. The van der Waals surface area contributed by atoms with Crippen molar-refractivity contribution in [1.82, 2.24) is 0 Å². The van der Waals surface area contributed by atoms with Crippen molar-refractivity contribution in [3.63, 3.8) is 0 Å². The number of hydrogen-bond acceptors (Lipinski definition) is 8. The number of carboxylic acids is 1. The van der Waals surface area contributed by atoms with Crippen LogP contribution in [0.2, 0.25) is 0 Å². The van der Waals surface area contributed by atoms with E-state index in [0.717, 1.165) is 38.5 Å². The summed E-state index contributed by atoms with van der Waals surface area (Å²) < 4.78 is 22.9. The van der Waals surface area contributed by atoms with Crippen molar-refractivity contribution in [3.05, 3.63) is 0 Å². The Bertz CT molecular complexity index is 1520. The maximum Gasteiger partial charge on any atom is 0.306 e. The number of nitrogens with zero attached hydrogens (tertiary/aromatic N) is 1. The molecule has 0 aliphatic heterocycles. The van der Waals surface area contributed by atoms with Crippen LogP contribution in [0.25, 0.3) is 0 Å². The van der Waals surface area contributed by atoms with Crippen molar-refractivity contribution >= 4 is 17.9 Å². The summed E-state index contributed by atoms with van der Waals surface area (Å²) in [7, 11) is 5.96. The molecule has 0 aromatic rings. The van der Waals surface area contributed by atoms with Gasteiger partial charge in [-0.3, -0.25) is 9.59 Å². The Balaban J connectivity index is 3.90. The van der Waals surface area contributed by atoms with Crippen molar-refractivity contribution in [1.29, 1.82) is 0 Å². The molecule has 566 valence electrons. The first kappa shape index (κ1) is 93.3. The number of hydrogen-bond donors (Lipinski definition) is 0. The van der Waals surface area contributed by atoms with E-state index >= 15 is 0 Å². The van der Waals surface area contributed by atoms with E-state index in [4.69, 9.17) is 18.9 Å². The van der Waals surface area contributed by atoms with E-state index in [1.165, 1.54) is 411 Å². The second kappa shape index (κ2) is 78.0. The Morgan fingerprint density at radius 1 is 0.274 bits per heavy atom. The molecule has 2 unspecified atom stereocenters. The van der Waals surface area contributed by atoms with E-state index < -0.39 is 24.3 Å². The van der Waals surface area contributed by atoms with Crippen molar-refractivity contribution in [3.8, 4) is 0 Å². The maximum absolute atomic E-state index is 13.0. The number of aliphatic carboxylic acids is 1. The highest BCUT2D eigenvalue weighted by atomic mass is 16.7. The monoisotopic (exact) mass is 1340 g/mol. The van der Waals surface area contributed by atoms with Gasteiger partial charge in [0.15, 0.2) is 12.4 Å². The molecule has 0 saturated carbocycles. The van der Waals surface area contributed by atoms with E-state index in [0.29, 0.717) is 17.4 Å². The largest absolute Gasteiger partial charge is 0.545 e. The molecule has 0 aromatic heterocycles. The lowest BCUT2D eigenvalue weighted by molar-refractivity contribution is -0.870. The summed E-state index contributed by atoms with van der Waals surface area (Å²) in [6.07, 6.45) is 94.1. The number of esters is 2. The average molecular weight is 1350 g/mol. The molecule has 0 aliphatic carbocycles. The fraction of sp³-hybridized carbons (Fsp3) is 0.965. The van der Waals surface area contributed by atoms with Crippen molar-refractivity contribution in [2.75, 3.05) is 47.5 Å². The van der Waals surface area contributed by atoms with Crippen LogP contribution in [0.15, 0.2) is 0 Å². The van der Waals surface area contributed by atoms with E-state index in [9.17, 15) is 19.5 Å². The van der Waals surface area contributed by atoms with Gasteiger partial charge >= 0.3 is 11.9 Å². The Hall–Kier alpha value is -1.71. The smallest absolute Gasteiger partial charge is 0.306 e. The number of carboxylic acid groups (broad SMARTS) is 1. The normalized spacial score (nSPS) is 12.5. The molecule has 0 aromatic carbocycles. The van der Waals surface area contributed by atoms with Gasteiger partial charge in [-0.1, -0.05) is 450 Å². The average Bonchev–Trinajstić information content (AvgIpc) is 2.94. The quantitative estimate of drug-likeness (QED) is 0.0256. The van der Waals surface area contributed by atoms with Crippen LogP contribution in [-0.4, -0.2) is 82.3 Å². The fourth-order valence-electron chi connectivity index (χ4n) is 13.8. The molecule has 0 saturated heterocycles. The third-order valence-electron chi connectivity index (χ3n) is 20.4. The summed E-state index contributed by atoms with van der Waals surface area (Å²) in [6.45, 7) is 4.86. The van der Waals surface area contributed by atoms with Crippen molar-refractivity contribution < 1.29 is 42.9 Å². The molecule has 0 aliphatic rings. The summed E-state index contributed by atoms with van der Waals surface area (Å²) in [5.41, 5.74) is 0. The number of quaternary nitrogens is 1. The Labute approximate surface area is 593 Å². The molecule has 0 spiro atoms. The second-order valence-electron chi connectivity index (χ2n) is 31.2. The molecule has 0 rings (SSSR count). The van der Waals surface area contributed by atoms with Crippen LogP contribution in [0.1, 0.15) is 476 Å². The standard InChI is InChI=1S/C86H169NO8/c1-6-8-10-12-14-16-18-20-22-24-26-28-30-32-34-36-38-40-42-44-46-48-50-52-54-56-58-60-62-64-66-68-70-72-74-76-83(88)93-80-82(81-94-86(85(90)91)92-79-78-87(3,4)5)95-84(89)77-75-73-71-69-67-65-63-61-59-57-55-53-51-49-47-45-43-41-39-37-35-33-31-29-27-25-23-21-19-17-15-13-11-9-7-2/h82,86H,6-81H2,1-5H3. The molecular formula is C86H169NO8. The van der Waals surface area contributed by atoms with Crippen LogP contribution in [0.3, 0.4) is 0 Å². The molecule has 2 atom stereocenters. The molecular weight excluding hydrogens is 1170 g/mol. The lowest BCUT2D eigenvalue weighted by Gasteiger charge is -2.26. The maximum atomic E-state index is 13.0. The summed E-state index contributed by atoms with van der Waals surface area (Å²) in [5, 5.41) is 11.9. The van der Waals surface area contributed by atoms with Crippen LogP contribution in [0.4, 0.5) is 0 Å². The predicted octanol–water partition coefficient (Wildman–Crippen LogP) is 26.4. The second-order valence-corrected chi connectivity index (χ2v) is 31.2. The highest BCUT2D eigenvalue weighted by molar-refractivity contribution is 5.70. The van der Waals surface area contributed by atoms with Gasteiger partial charge in [-0.25, -0.2) is 0 Å². The first-order valence-electron chi connectivity index (χ1n) is 43.2. The van der Waals surface area contributed by atoms with E-state index in [1.54, 1.807) is 0 Å². The van der Waals surface area contributed by atoms with Crippen LogP contribution >= 0.6 is 0 Å². The molecule has 95 heavy (non-hydrogen) atoms. The molecule has 9 nitrogen and oxygen atoms in total. The minimum absolute atomic E-state index is 0.154. The minimum atomic E-state index is -1.62. The van der Waals surface area contributed by atoms with Crippen molar-refractivity contribution in [2.24, 2.45) is 0 Å². The van der Waals surface area contributed by atoms with Crippen molar-refractivity contribution in [2.45, 2.75) is 489 Å². The first-order chi connectivity index (χ1) is 46.6. The Kier molecular flexibility index (Phi) is 76.6. The molecule has 0 radical (unpaired) electrons. The third kappa shape index (κ3) is 79.5. The number of unbranched alkanes of at least 4 members (excludes halogenated alkanes) is 68. The topological polar surface area (TPSA) is 111 Å². The molecule has 0 heterocycles. The van der Waals surface area contributed by atoms with Gasteiger partial charge in [0.2, 0.25) is 0 Å².